The summed E-state index contributed by atoms with van der Waals surface area (Å²) in [5, 5.41) is 3.60. The van der Waals surface area contributed by atoms with Gasteiger partial charge in [0.05, 0.1) is 0 Å². The van der Waals surface area contributed by atoms with E-state index < -0.39 is 0 Å². The molecule has 0 radical (unpaired) electrons. The monoisotopic (exact) mass is 210 g/mol. The fraction of sp³-hybridized carbons (Fsp3) is 1.00. The summed E-state index contributed by atoms with van der Waals surface area (Å²) in [7, 11) is 0. The molecule has 0 aromatic heterocycles. The molecule has 2 atom stereocenters. The van der Waals surface area contributed by atoms with Gasteiger partial charge in [-0.1, -0.05) is 6.92 Å². The van der Waals surface area contributed by atoms with E-state index in [0.29, 0.717) is 5.54 Å². The van der Waals surface area contributed by atoms with Gasteiger partial charge in [0, 0.05) is 17.6 Å². The lowest BCUT2D eigenvalue weighted by Crippen LogP contribution is -2.45. The number of nitrogens with zero attached hydrogens (tertiary/aromatic N) is 1. The molecule has 0 aromatic carbocycles. The Hall–Kier alpha value is -0.0800. The molecule has 2 rings (SSSR count). The summed E-state index contributed by atoms with van der Waals surface area (Å²) in [6.07, 6.45) is 6.94. The SMILES string of the molecule is CCNC1CCC(N2CCCC2(C)C)C1. The summed E-state index contributed by atoms with van der Waals surface area (Å²) in [6.45, 7) is 9.51. The molecular formula is C13H26N2. The van der Waals surface area contributed by atoms with Crippen LogP contribution < -0.4 is 5.32 Å². The van der Waals surface area contributed by atoms with E-state index >= 15 is 0 Å². The van der Waals surface area contributed by atoms with Gasteiger partial charge in [-0.2, -0.15) is 0 Å². The van der Waals surface area contributed by atoms with E-state index in [1.54, 1.807) is 0 Å². The molecule has 0 amide bonds. The van der Waals surface area contributed by atoms with Crippen LogP contribution in [0.3, 0.4) is 0 Å². The Labute approximate surface area is 94.4 Å². The molecule has 0 spiro atoms. The topological polar surface area (TPSA) is 15.3 Å². The molecule has 2 unspecified atom stereocenters. The largest absolute Gasteiger partial charge is 0.314 e. The molecule has 0 aromatic rings. The zero-order chi connectivity index (χ0) is 10.9. The highest BCUT2D eigenvalue weighted by Gasteiger charge is 2.39. The summed E-state index contributed by atoms with van der Waals surface area (Å²) in [6, 6.07) is 1.64. The maximum atomic E-state index is 3.60. The first-order chi connectivity index (χ1) is 7.13. The van der Waals surface area contributed by atoms with Gasteiger partial charge >= 0.3 is 0 Å². The molecular weight excluding hydrogens is 184 g/mol. The van der Waals surface area contributed by atoms with Crippen LogP contribution in [-0.4, -0.2) is 35.6 Å². The average molecular weight is 210 g/mol. The number of hydrogen-bond donors (Lipinski definition) is 1. The van der Waals surface area contributed by atoms with Gasteiger partial charge in [0.2, 0.25) is 0 Å². The van der Waals surface area contributed by atoms with E-state index in [2.05, 4.69) is 31.0 Å². The van der Waals surface area contributed by atoms with Gasteiger partial charge in [0.1, 0.15) is 0 Å². The second kappa shape index (κ2) is 4.42. The number of likely N-dealkylation sites (tertiary alicyclic amines) is 1. The van der Waals surface area contributed by atoms with Crippen molar-refractivity contribution in [2.24, 2.45) is 0 Å². The van der Waals surface area contributed by atoms with Crippen molar-refractivity contribution < 1.29 is 0 Å². The van der Waals surface area contributed by atoms with Crippen molar-refractivity contribution in [1.29, 1.82) is 0 Å². The van der Waals surface area contributed by atoms with Crippen LogP contribution in [0.4, 0.5) is 0 Å². The van der Waals surface area contributed by atoms with Gasteiger partial charge < -0.3 is 5.32 Å². The molecule has 1 saturated heterocycles. The molecule has 1 aliphatic heterocycles. The molecule has 2 fully saturated rings. The maximum Gasteiger partial charge on any atom is 0.0156 e. The lowest BCUT2D eigenvalue weighted by atomic mass is 10.00. The second-order valence-electron chi connectivity index (χ2n) is 5.83. The van der Waals surface area contributed by atoms with Crippen molar-refractivity contribution in [2.45, 2.75) is 70.5 Å². The normalized spacial score (nSPS) is 36.2. The van der Waals surface area contributed by atoms with Gasteiger partial charge in [0.25, 0.3) is 0 Å². The third-order valence-electron chi connectivity index (χ3n) is 4.30. The highest BCUT2D eigenvalue weighted by Crippen LogP contribution is 2.36. The van der Waals surface area contributed by atoms with Gasteiger partial charge in [-0.15, -0.1) is 0 Å². The van der Waals surface area contributed by atoms with E-state index in [1.165, 1.54) is 38.6 Å². The Morgan fingerprint density at radius 2 is 2.13 bits per heavy atom. The Balaban J connectivity index is 1.90. The minimum absolute atomic E-state index is 0.464. The van der Waals surface area contributed by atoms with Gasteiger partial charge in [0.15, 0.2) is 0 Å². The highest BCUT2D eigenvalue weighted by atomic mass is 15.2. The number of nitrogens with one attached hydrogen (secondary N) is 1. The lowest BCUT2D eigenvalue weighted by molar-refractivity contribution is 0.116. The van der Waals surface area contributed by atoms with E-state index in [4.69, 9.17) is 0 Å². The first-order valence-electron chi connectivity index (χ1n) is 6.63. The highest BCUT2D eigenvalue weighted by molar-refractivity contribution is 4.96. The van der Waals surface area contributed by atoms with Crippen LogP contribution in [-0.2, 0) is 0 Å². The standard InChI is InChI=1S/C13H26N2/c1-4-14-11-6-7-12(10-11)15-9-5-8-13(15,2)3/h11-12,14H,4-10H2,1-3H3. The van der Waals surface area contributed by atoms with E-state index in [1.807, 2.05) is 0 Å². The molecule has 2 heteroatoms. The molecule has 2 nitrogen and oxygen atoms in total. The fourth-order valence-electron chi connectivity index (χ4n) is 3.52. The van der Waals surface area contributed by atoms with Gasteiger partial charge in [-0.25, -0.2) is 0 Å². The van der Waals surface area contributed by atoms with Crippen molar-refractivity contribution in [3.63, 3.8) is 0 Å². The lowest BCUT2D eigenvalue weighted by Gasteiger charge is -2.36. The summed E-state index contributed by atoms with van der Waals surface area (Å²) in [5.74, 6) is 0. The average Bonchev–Trinajstić information content (AvgIpc) is 2.72. The van der Waals surface area contributed by atoms with Crippen molar-refractivity contribution in [3.05, 3.63) is 0 Å². The zero-order valence-electron chi connectivity index (χ0n) is 10.6. The summed E-state index contributed by atoms with van der Waals surface area (Å²) in [4.78, 5) is 2.77. The van der Waals surface area contributed by atoms with Gasteiger partial charge in [-0.05, 0) is 59.0 Å². The van der Waals surface area contributed by atoms with Crippen molar-refractivity contribution in [1.82, 2.24) is 10.2 Å². The Bertz CT molecular complexity index is 213. The predicted octanol–water partition coefficient (Wildman–Crippen LogP) is 2.39. The van der Waals surface area contributed by atoms with Gasteiger partial charge in [-0.3, -0.25) is 4.90 Å². The summed E-state index contributed by atoms with van der Waals surface area (Å²) >= 11 is 0. The van der Waals surface area contributed by atoms with Crippen LogP contribution in [0.2, 0.25) is 0 Å². The molecule has 1 N–H and O–H groups in total. The molecule has 15 heavy (non-hydrogen) atoms. The number of rotatable bonds is 3. The molecule has 1 heterocycles. The molecule has 1 aliphatic carbocycles. The summed E-state index contributed by atoms with van der Waals surface area (Å²) in [5.41, 5.74) is 0.464. The van der Waals surface area contributed by atoms with Crippen LogP contribution in [0.5, 0.6) is 0 Å². The first kappa shape index (κ1) is 11.4. The molecule has 88 valence electrons. The maximum absolute atomic E-state index is 3.60. The quantitative estimate of drug-likeness (QED) is 0.769. The van der Waals surface area contributed by atoms with E-state index in [9.17, 15) is 0 Å². The predicted molar refractivity (Wildman–Crippen MR) is 65.1 cm³/mol. The van der Waals surface area contributed by atoms with Crippen LogP contribution in [0, 0.1) is 0 Å². The smallest absolute Gasteiger partial charge is 0.0156 e. The van der Waals surface area contributed by atoms with E-state index in [-0.39, 0.29) is 0 Å². The fourth-order valence-corrected chi connectivity index (χ4v) is 3.52. The third-order valence-corrected chi connectivity index (χ3v) is 4.30. The third kappa shape index (κ3) is 2.36. The Kier molecular flexibility index (Phi) is 3.36. The number of hydrogen-bond acceptors (Lipinski definition) is 2. The first-order valence-corrected chi connectivity index (χ1v) is 6.63. The second-order valence-corrected chi connectivity index (χ2v) is 5.83. The van der Waals surface area contributed by atoms with Crippen LogP contribution in [0.1, 0.15) is 52.9 Å². The molecule has 2 aliphatic rings. The van der Waals surface area contributed by atoms with Crippen LogP contribution in [0.15, 0.2) is 0 Å². The zero-order valence-corrected chi connectivity index (χ0v) is 10.6. The molecule has 1 saturated carbocycles. The van der Waals surface area contributed by atoms with E-state index in [0.717, 1.165) is 18.6 Å². The van der Waals surface area contributed by atoms with Crippen molar-refractivity contribution in [3.8, 4) is 0 Å². The summed E-state index contributed by atoms with van der Waals surface area (Å²) < 4.78 is 0. The Morgan fingerprint density at radius 1 is 1.33 bits per heavy atom. The molecule has 0 bridgehead atoms. The minimum atomic E-state index is 0.464. The van der Waals surface area contributed by atoms with Crippen molar-refractivity contribution >= 4 is 0 Å². The minimum Gasteiger partial charge on any atom is -0.314 e. The van der Waals surface area contributed by atoms with Crippen molar-refractivity contribution in [2.75, 3.05) is 13.1 Å². The van der Waals surface area contributed by atoms with Crippen LogP contribution in [0.25, 0.3) is 0 Å². The Morgan fingerprint density at radius 3 is 2.73 bits per heavy atom. The van der Waals surface area contributed by atoms with Crippen LogP contribution >= 0.6 is 0 Å².